The molecule has 0 saturated heterocycles. The van der Waals surface area contributed by atoms with Crippen molar-refractivity contribution in [3.05, 3.63) is 106 Å². The molecular formula is C23H19Br. The smallest absolute Gasteiger partial charge is 0.0650 e. The second kappa shape index (κ2) is 6.41. The minimum Gasteiger partial charge on any atom is -0.0786 e. The first-order chi connectivity index (χ1) is 11.7. The van der Waals surface area contributed by atoms with E-state index in [0.29, 0.717) is 4.83 Å². The van der Waals surface area contributed by atoms with Crippen molar-refractivity contribution in [1.82, 2.24) is 0 Å². The largest absolute Gasteiger partial charge is 0.0786 e. The predicted octanol–water partition coefficient (Wildman–Crippen LogP) is 6.55. The van der Waals surface area contributed by atoms with E-state index in [-0.39, 0.29) is 0 Å². The molecule has 0 saturated carbocycles. The van der Waals surface area contributed by atoms with Crippen molar-refractivity contribution in [2.24, 2.45) is 0 Å². The lowest BCUT2D eigenvalue weighted by Crippen LogP contribution is -2.09. The second-order valence-electron chi connectivity index (χ2n) is 6.44. The van der Waals surface area contributed by atoms with Crippen LogP contribution in [0.2, 0.25) is 0 Å². The Labute approximate surface area is 152 Å². The maximum Gasteiger partial charge on any atom is 0.0650 e. The van der Waals surface area contributed by atoms with Crippen molar-refractivity contribution >= 4 is 28.1 Å². The van der Waals surface area contributed by atoms with Gasteiger partial charge in [-0.05, 0) is 46.7 Å². The molecule has 1 atom stereocenters. The summed E-state index contributed by atoms with van der Waals surface area (Å²) in [5.41, 5.74) is 9.42. The molecular weight excluding hydrogens is 356 g/mol. The quantitative estimate of drug-likeness (QED) is 0.352. The lowest BCUT2D eigenvalue weighted by Gasteiger charge is -2.24. The van der Waals surface area contributed by atoms with Crippen molar-refractivity contribution in [2.45, 2.75) is 18.2 Å². The number of halogens is 1. The van der Waals surface area contributed by atoms with E-state index < -0.39 is 0 Å². The van der Waals surface area contributed by atoms with Crippen molar-refractivity contribution in [3.8, 4) is 0 Å². The summed E-state index contributed by atoms with van der Waals surface area (Å²) in [7, 11) is 0. The SMILES string of the molecule is Cc1ccc(/C=C/c2ccc3c(c2)Cc2ccccc2[C@H]3Br)cc1. The zero-order chi connectivity index (χ0) is 16.5. The molecule has 0 unspecified atom stereocenters. The molecule has 0 N–H and O–H groups in total. The molecule has 118 valence electrons. The normalized spacial score (nSPS) is 16.0. The van der Waals surface area contributed by atoms with Gasteiger partial charge in [-0.3, -0.25) is 0 Å². The number of fused-ring (bicyclic) bond motifs is 2. The number of hydrogen-bond acceptors (Lipinski definition) is 0. The molecule has 0 bridgehead atoms. The minimum atomic E-state index is 0.299. The molecule has 0 amide bonds. The zero-order valence-electron chi connectivity index (χ0n) is 13.7. The highest BCUT2D eigenvalue weighted by atomic mass is 79.9. The van der Waals surface area contributed by atoms with E-state index in [0.717, 1.165) is 6.42 Å². The third kappa shape index (κ3) is 2.97. The second-order valence-corrected chi connectivity index (χ2v) is 7.36. The van der Waals surface area contributed by atoms with E-state index in [9.17, 15) is 0 Å². The summed E-state index contributed by atoms with van der Waals surface area (Å²) in [6.45, 7) is 2.12. The van der Waals surface area contributed by atoms with Crippen LogP contribution in [-0.2, 0) is 6.42 Å². The molecule has 1 aliphatic rings. The van der Waals surface area contributed by atoms with E-state index in [1.165, 1.54) is 38.9 Å². The highest BCUT2D eigenvalue weighted by Gasteiger charge is 2.22. The first-order valence-electron chi connectivity index (χ1n) is 8.30. The highest BCUT2D eigenvalue weighted by molar-refractivity contribution is 9.09. The Morgan fingerprint density at radius 1 is 0.792 bits per heavy atom. The van der Waals surface area contributed by atoms with Gasteiger partial charge >= 0.3 is 0 Å². The Balaban J connectivity index is 1.64. The predicted molar refractivity (Wildman–Crippen MR) is 107 cm³/mol. The van der Waals surface area contributed by atoms with Crippen LogP contribution in [0.15, 0.2) is 66.7 Å². The van der Waals surface area contributed by atoms with Crippen LogP contribution < -0.4 is 0 Å². The van der Waals surface area contributed by atoms with Crippen molar-refractivity contribution in [2.75, 3.05) is 0 Å². The molecule has 4 rings (SSSR count). The maximum absolute atomic E-state index is 3.87. The molecule has 0 aliphatic heterocycles. The summed E-state index contributed by atoms with van der Waals surface area (Å²) in [5.74, 6) is 0. The third-order valence-corrected chi connectivity index (χ3v) is 5.68. The lowest BCUT2D eigenvalue weighted by molar-refractivity contribution is 0.993. The molecule has 0 spiro atoms. The summed E-state index contributed by atoms with van der Waals surface area (Å²) >= 11 is 3.87. The van der Waals surface area contributed by atoms with E-state index in [1.54, 1.807) is 0 Å². The highest BCUT2D eigenvalue weighted by Crippen LogP contribution is 2.40. The Morgan fingerprint density at radius 2 is 1.46 bits per heavy atom. The molecule has 1 heteroatoms. The van der Waals surface area contributed by atoms with Crippen LogP contribution in [-0.4, -0.2) is 0 Å². The van der Waals surface area contributed by atoms with Gasteiger partial charge in [0.1, 0.15) is 0 Å². The number of alkyl halides is 1. The molecule has 3 aromatic carbocycles. The summed E-state index contributed by atoms with van der Waals surface area (Å²) in [4.78, 5) is 0.299. The number of hydrogen-bond donors (Lipinski definition) is 0. The van der Waals surface area contributed by atoms with Crippen LogP contribution in [0.25, 0.3) is 12.2 Å². The van der Waals surface area contributed by atoms with Gasteiger partial charge in [-0.1, -0.05) is 100 Å². The zero-order valence-corrected chi connectivity index (χ0v) is 15.3. The summed E-state index contributed by atoms with van der Waals surface area (Å²) in [5, 5.41) is 0. The van der Waals surface area contributed by atoms with Crippen LogP contribution in [0.5, 0.6) is 0 Å². The van der Waals surface area contributed by atoms with E-state index >= 15 is 0 Å². The monoisotopic (exact) mass is 374 g/mol. The van der Waals surface area contributed by atoms with Crippen LogP contribution in [0, 0.1) is 6.92 Å². The first-order valence-corrected chi connectivity index (χ1v) is 9.22. The lowest BCUT2D eigenvalue weighted by atomic mass is 9.85. The van der Waals surface area contributed by atoms with Gasteiger partial charge in [-0.25, -0.2) is 0 Å². The van der Waals surface area contributed by atoms with Gasteiger partial charge in [0, 0.05) is 0 Å². The summed E-state index contributed by atoms with van der Waals surface area (Å²) in [6.07, 6.45) is 5.40. The molecule has 0 fully saturated rings. The summed E-state index contributed by atoms with van der Waals surface area (Å²) in [6, 6.07) is 24.1. The van der Waals surface area contributed by atoms with Gasteiger partial charge in [-0.15, -0.1) is 0 Å². The maximum atomic E-state index is 3.87. The number of rotatable bonds is 2. The first kappa shape index (κ1) is 15.4. The van der Waals surface area contributed by atoms with Crippen molar-refractivity contribution in [3.63, 3.8) is 0 Å². The third-order valence-electron chi connectivity index (χ3n) is 4.69. The van der Waals surface area contributed by atoms with Gasteiger partial charge in [-0.2, -0.15) is 0 Å². The Morgan fingerprint density at radius 3 is 2.29 bits per heavy atom. The molecule has 0 heterocycles. The fourth-order valence-corrected chi connectivity index (χ4v) is 4.21. The van der Waals surface area contributed by atoms with E-state index in [1.807, 2.05) is 0 Å². The standard InChI is InChI=1S/C23H19Br/c1-16-6-8-17(9-7-16)10-11-18-12-13-22-20(14-18)15-19-4-2-3-5-21(19)23(22)24/h2-14,23H,15H2,1H3/b11-10+/t23-/m1/s1. The fraction of sp³-hybridized carbons (Fsp3) is 0.130. The van der Waals surface area contributed by atoms with E-state index in [4.69, 9.17) is 0 Å². The Hall–Kier alpha value is -2.12. The molecule has 3 aromatic rings. The van der Waals surface area contributed by atoms with Crippen LogP contribution in [0.3, 0.4) is 0 Å². The van der Waals surface area contributed by atoms with Gasteiger partial charge in [0.15, 0.2) is 0 Å². The van der Waals surface area contributed by atoms with Crippen LogP contribution in [0.1, 0.15) is 43.8 Å². The molecule has 1 aliphatic carbocycles. The van der Waals surface area contributed by atoms with Crippen LogP contribution in [0.4, 0.5) is 0 Å². The molecule has 0 aromatic heterocycles. The summed E-state index contributed by atoms with van der Waals surface area (Å²) < 4.78 is 0. The van der Waals surface area contributed by atoms with Crippen molar-refractivity contribution in [1.29, 1.82) is 0 Å². The molecule has 0 nitrogen and oxygen atoms in total. The van der Waals surface area contributed by atoms with Gasteiger partial charge in [0.25, 0.3) is 0 Å². The average molecular weight is 375 g/mol. The topological polar surface area (TPSA) is 0 Å². The molecule has 0 radical (unpaired) electrons. The van der Waals surface area contributed by atoms with E-state index in [2.05, 4.69) is 102 Å². The number of aryl methyl sites for hydroxylation is 1. The Bertz CT molecular complexity index is 904. The van der Waals surface area contributed by atoms with Crippen LogP contribution >= 0.6 is 15.9 Å². The average Bonchev–Trinajstić information content (AvgIpc) is 2.61. The number of benzene rings is 3. The van der Waals surface area contributed by atoms with Gasteiger partial charge < -0.3 is 0 Å². The minimum absolute atomic E-state index is 0.299. The van der Waals surface area contributed by atoms with Crippen molar-refractivity contribution < 1.29 is 0 Å². The molecule has 24 heavy (non-hydrogen) atoms. The van der Waals surface area contributed by atoms with Gasteiger partial charge in [0.05, 0.1) is 4.83 Å². The Kier molecular flexibility index (Phi) is 4.12. The fourth-order valence-electron chi connectivity index (χ4n) is 3.31. The van der Waals surface area contributed by atoms with Gasteiger partial charge in [0.2, 0.25) is 0 Å².